The van der Waals surface area contributed by atoms with Crippen molar-refractivity contribution in [2.45, 2.75) is 63.8 Å². The van der Waals surface area contributed by atoms with Gasteiger partial charge in [0.25, 0.3) is 11.8 Å². The first-order valence-electron chi connectivity index (χ1n) is 20.9. The first-order chi connectivity index (χ1) is 29.4. The molecule has 4 saturated heterocycles. The summed E-state index contributed by atoms with van der Waals surface area (Å²) in [6.45, 7) is 2.71. The van der Waals surface area contributed by atoms with Crippen molar-refractivity contribution < 1.29 is 67.0 Å². The molecule has 0 saturated carbocycles. The fraction of sp³-hybridized carbons (Fsp3) is 0.737. The third-order valence-electron chi connectivity index (χ3n) is 10.3. The Morgan fingerprint density at radius 3 is 1.48 bits per heavy atom. The molecule has 340 valence electrons. The minimum absolute atomic E-state index is 0.0124. The van der Waals surface area contributed by atoms with Gasteiger partial charge in [-0.05, 0) is 32.1 Å². The minimum atomic E-state index is -1.12. The number of nitrogens with one attached hydrogen (secondary N) is 4. The molecule has 23 heteroatoms. The average Bonchev–Trinajstić information content (AvgIpc) is 3.59. The Kier molecular flexibility index (Phi) is 20.8. The second-order valence-electron chi connectivity index (χ2n) is 14.8. The van der Waals surface area contributed by atoms with Crippen molar-refractivity contribution in [3.8, 4) is 0 Å². The molecule has 4 N–H and O–H groups in total. The zero-order valence-corrected chi connectivity index (χ0v) is 34.6. The Labute approximate surface area is 353 Å². The molecule has 0 aromatic rings. The number of morpholine rings is 3. The number of ether oxygens (including phenoxy) is 3. The fourth-order valence-electron chi connectivity index (χ4n) is 6.78. The second kappa shape index (κ2) is 26.2. The number of imide groups is 1. The Bertz CT molecular complexity index is 1500. The summed E-state index contributed by atoms with van der Waals surface area (Å²) in [5, 5.41) is 11.1. The van der Waals surface area contributed by atoms with E-state index in [1.807, 2.05) is 0 Å². The fourth-order valence-corrected chi connectivity index (χ4v) is 6.78. The van der Waals surface area contributed by atoms with Gasteiger partial charge in [-0.3, -0.25) is 48.1 Å². The molecule has 4 aliphatic heterocycles. The number of carbonyl (C=O) groups excluding carboxylic acids is 10. The number of hydrogen-bond acceptors (Lipinski definition) is 15. The number of amides is 9. The molecule has 9 amide bonds. The number of rotatable bonds is 23. The first-order valence-corrected chi connectivity index (χ1v) is 20.9. The van der Waals surface area contributed by atoms with Crippen LogP contribution in [0.4, 0.5) is 0 Å². The van der Waals surface area contributed by atoms with E-state index in [4.69, 9.17) is 19.0 Å². The highest BCUT2D eigenvalue weighted by atomic mass is 16.7. The number of nitrogens with zero attached hydrogens (tertiary/aromatic N) is 5. The van der Waals surface area contributed by atoms with E-state index in [1.165, 1.54) is 4.90 Å². The summed E-state index contributed by atoms with van der Waals surface area (Å²) >= 11 is 0. The van der Waals surface area contributed by atoms with Crippen LogP contribution in [-0.4, -0.2) is 208 Å². The number of hydrogen-bond donors (Lipinski definition) is 4. The normalized spacial score (nSPS) is 17.5. The maximum Gasteiger partial charge on any atom is 0.333 e. The van der Waals surface area contributed by atoms with Gasteiger partial charge in [-0.2, -0.15) is 0 Å². The highest BCUT2D eigenvalue weighted by Gasteiger charge is 2.33. The van der Waals surface area contributed by atoms with E-state index in [0.717, 1.165) is 0 Å². The molecule has 0 aromatic heterocycles. The largest absolute Gasteiger partial charge is 0.378 e. The molecule has 0 spiro atoms. The monoisotopic (exact) mass is 865 g/mol. The quantitative estimate of drug-likeness (QED) is 0.0564. The maximum atomic E-state index is 13.9. The molecular weight excluding hydrogens is 806 g/mol. The lowest BCUT2D eigenvalue weighted by atomic mass is 10.1. The molecule has 4 aliphatic rings. The van der Waals surface area contributed by atoms with Crippen molar-refractivity contribution in [1.82, 2.24) is 45.9 Å². The lowest BCUT2D eigenvalue weighted by Gasteiger charge is -2.31. The van der Waals surface area contributed by atoms with Gasteiger partial charge in [0.15, 0.2) is 0 Å². The molecule has 4 heterocycles. The molecule has 0 aromatic carbocycles. The standard InChI is InChI=1S/C38H59N9O14/c48-29(6-1-2-7-37(56)61-47-32(51)8-9-33(47)52)39-10-4-3-5-28(38(57)42-25-36(55)45-15-21-60-22-16-45)46(26-30(49)40-23-34(53)43-11-17-58-18-12-43)27-31(50)41-24-35(54)44-13-19-59-20-14-44/h28H,1-27H2,(H,39,48)(H,40,49)(H,41,50)(H,42,57)/t28-/m0/s1. The molecule has 1 atom stereocenters. The summed E-state index contributed by atoms with van der Waals surface area (Å²) in [5.74, 6) is -5.08. The molecular formula is C38H59N9O14. The van der Waals surface area contributed by atoms with Gasteiger partial charge in [0, 0.05) is 71.5 Å². The van der Waals surface area contributed by atoms with Crippen LogP contribution in [0.5, 0.6) is 0 Å². The molecule has 4 rings (SSSR count). The van der Waals surface area contributed by atoms with Crippen molar-refractivity contribution in [1.29, 1.82) is 0 Å². The second-order valence-corrected chi connectivity index (χ2v) is 14.8. The summed E-state index contributed by atoms with van der Waals surface area (Å²) in [4.78, 5) is 138. The summed E-state index contributed by atoms with van der Waals surface area (Å²) in [6.07, 6.45) is 1.42. The molecule has 0 bridgehead atoms. The Morgan fingerprint density at radius 1 is 0.557 bits per heavy atom. The van der Waals surface area contributed by atoms with Crippen molar-refractivity contribution in [3.63, 3.8) is 0 Å². The average molecular weight is 866 g/mol. The Morgan fingerprint density at radius 2 is 1.00 bits per heavy atom. The van der Waals surface area contributed by atoms with E-state index in [9.17, 15) is 47.9 Å². The van der Waals surface area contributed by atoms with Gasteiger partial charge in [0.1, 0.15) is 0 Å². The maximum absolute atomic E-state index is 13.9. The molecule has 23 nitrogen and oxygen atoms in total. The van der Waals surface area contributed by atoms with Crippen molar-refractivity contribution in [3.05, 3.63) is 0 Å². The number of carbonyl (C=O) groups is 10. The van der Waals surface area contributed by atoms with Crippen LogP contribution >= 0.6 is 0 Å². The van der Waals surface area contributed by atoms with E-state index in [0.29, 0.717) is 103 Å². The van der Waals surface area contributed by atoms with Gasteiger partial charge in [0.05, 0.1) is 78.4 Å². The SMILES string of the molecule is O=C(CCCCC(=O)ON1C(=O)CCC1=O)NCCCC[C@@H](C(=O)NCC(=O)N1CCOCC1)N(CC(=O)NCC(=O)N1CCOCC1)CC(=O)NCC(=O)N1CCOCC1. The smallest absolute Gasteiger partial charge is 0.333 e. The number of hydroxylamine groups is 2. The highest BCUT2D eigenvalue weighted by Crippen LogP contribution is 2.14. The van der Waals surface area contributed by atoms with Crippen molar-refractivity contribution in [2.75, 3.05) is 118 Å². The van der Waals surface area contributed by atoms with Crippen LogP contribution in [0.1, 0.15) is 57.8 Å². The van der Waals surface area contributed by atoms with Crippen LogP contribution in [0.2, 0.25) is 0 Å². The van der Waals surface area contributed by atoms with Gasteiger partial charge in [-0.25, -0.2) is 4.79 Å². The molecule has 0 unspecified atom stereocenters. The lowest BCUT2D eigenvalue weighted by Crippen LogP contribution is -2.55. The van der Waals surface area contributed by atoms with Gasteiger partial charge in [0.2, 0.25) is 41.4 Å². The van der Waals surface area contributed by atoms with Gasteiger partial charge in [-0.15, -0.1) is 5.06 Å². The predicted molar refractivity (Wildman–Crippen MR) is 209 cm³/mol. The van der Waals surface area contributed by atoms with Crippen LogP contribution in [-0.2, 0) is 67.0 Å². The highest BCUT2D eigenvalue weighted by molar-refractivity contribution is 6.01. The van der Waals surface area contributed by atoms with Crippen molar-refractivity contribution in [2.24, 2.45) is 0 Å². The van der Waals surface area contributed by atoms with E-state index in [-0.39, 0.29) is 88.3 Å². The van der Waals surface area contributed by atoms with Crippen molar-refractivity contribution >= 4 is 59.1 Å². The van der Waals surface area contributed by atoms with Crippen LogP contribution in [0.25, 0.3) is 0 Å². The van der Waals surface area contributed by atoms with Crippen LogP contribution < -0.4 is 21.3 Å². The van der Waals surface area contributed by atoms with E-state index < -0.39 is 54.6 Å². The lowest BCUT2D eigenvalue weighted by molar-refractivity contribution is -0.197. The van der Waals surface area contributed by atoms with Crippen LogP contribution in [0, 0.1) is 0 Å². The van der Waals surface area contributed by atoms with E-state index >= 15 is 0 Å². The summed E-state index contributed by atoms with van der Waals surface area (Å²) in [7, 11) is 0. The topological polar surface area (TPSA) is 272 Å². The first kappa shape index (κ1) is 48.4. The van der Waals surface area contributed by atoms with Gasteiger partial charge >= 0.3 is 5.97 Å². The van der Waals surface area contributed by atoms with Gasteiger partial charge < -0.3 is 55.0 Å². The van der Waals surface area contributed by atoms with E-state index in [2.05, 4.69) is 21.3 Å². The van der Waals surface area contributed by atoms with E-state index in [1.54, 1.807) is 14.7 Å². The molecule has 61 heavy (non-hydrogen) atoms. The third kappa shape index (κ3) is 17.3. The summed E-state index contributed by atoms with van der Waals surface area (Å²) in [6, 6.07) is -1.12. The van der Waals surface area contributed by atoms with Crippen LogP contribution in [0.3, 0.4) is 0 Å². The molecule has 4 fully saturated rings. The Hall–Kier alpha value is -5.26. The predicted octanol–water partition coefficient (Wildman–Crippen LogP) is -3.96. The minimum Gasteiger partial charge on any atom is -0.378 e. The van der Waals surface area contributed by atoms with Crippen LogP contribution in [0.15, 0.2) is 0 Å². The van der Waals surface area contributed by atoms with Gasteiger partial charge in [-0.1, -0.05) is 0 Å². The zero-order valence-electron chi connectivity index (χ0n) is 34.6. The molecule has 0 radical (unpaired) electrons. The Balaban J connectivity index is 1.33. The molecule has 0 aliphatic carbocycles. The number of unbranched alkanes of at least 4 members (excludes halogenated alkanes) is 2. The summed E-state index contributed by atoms with van der Waals surface area (Å²) in [5.41, 5.74) is 0. The zero-order chi connectivity index (χ0) is 44.0. The summed E-state index contributed by atoms with van der Waals surface area (Å²) < 4.78 is 15.9. The third-order valence-corrected chi connectivity index (χ3v) is 10.3.